The van der Waals surface area contributed by atoms with Gasteiger partial charge in [-0.2, -0.15) is 0 Å². The summed E-state index contributed by atoms with van der Waals surface area (Å²) in [6, 6.07) is 7.72. The quantitative estimate of drug-likeness (QED) is 0.542. The van der Waals surface area contributed by atoms with E-state index in [1.54, 1.807) is 0 Å². The highest BCUT2D eigenvalue weighted by molar-refractivity contribution is 5.31. The van der Waals surface area contributed by atoms with Gasteiger partial charge in [0.2, 0.25) is 0 Å². The molecule has 1 heterocycles. The molecule has 1 unspecified atom stereocenters. The van der Waals surface area contributed by atoms with Gasteiger partial charge in [-0.25, -0.2) is 0 Å². The Kier molecular flexibility index (Phi) is 7.65. The van der Waals surface area contributed by atoms with Gasteiger partial charge in [0.15, 0.2) is 0 Å². The predicted molar refractivity (Wildman–Crippen MR) is 91.6 cm³/mol. The van der Waals surface area contributed by atoms with Gasteiger partial charge in [-0.15, -0.1) is 0 Å². The van der Waals surface area contributed by atoms with E-state index in [2.05, 4.69) is 6.92 Å². The van der Waals surface area contributed by atoms with Gasteiger partial charge in [0.05, 0.1) is 6.61 Å². The SMILES string of the molecule is CCCCCCCc1ccccc1C1O[C@H](CO)[C@@H](O)[C@H](O)[C@@H]1O. The maximum Gasteiger partial charge on any atom is 0.113 e. The number of aliphatic hydroxyl groups excluding tert-OH is 4. The summed E-state index contributed by atoms with van der Waals surface area (Å²) in [5, 5.41) is 39.6. The number of hydrogen-bond donors (Lipinski definition) is 4. The molecule has 0 amide bonds. The first-order valence-corrected chi connectivity index (χ1v) is 8.98. The van der Waals surface area contributed by atoms with Crippen molar-refractivity contribution in [3.05, 3.63) is 35.4 Å². The lowest BCUT2D eigenvalue weighted by Gasteiger charge is -2.40. The molecule has 0 radical (unpaired) electrons. The first-order chi connectivity index (χ1) is 11.6. The molecule has 1 aliphatic heterocycles. The third kappa shape index (κ3) is 4.55. The second-order valence-corrected chi connectivity index (χ2v) is 6.61. The van der Waals surface area contributed by atoms with Crippen molar-refractivity contribution in [1.29, 1.82) is 0 Å². The monoisotopic (exact) mass is 338 g/mol. The highest BCUT2D eigenvalue weighted by atomic mass is 16.5. The Morgan fingerprint density at radius 2 is 1.62 bits per heavy atom. The first kappa shape index (κ1) is 19.3. The van der Waals surface area contributed by atoms with Gasteiger partial charge in [-0.3, -0.25) is 0 Å². The lowest BCUT2D eigenvalue weighted by Crippen LogP contribution is -2.55. The topological polar surface area (TPSA) is 90.2 Å². The molecule has 1 aromatic carbocycles. The molecular weight excluding hydrogens is 308 g/mol. The summed E-state index contributed by atoms with van der Waals surface area (Å²) < 4.78 is 5.69. The van der Waals surface area contributed by atoms with E-state index < -0.39 is 37.1 Å². The molecule has 1 fully saturated rings. The average molecular weight is 338 g/mol. The molecule has 136 valence electrons. The minimum Gasteiger partial charge on any atom is -0.394 e. The summed E-state index contributed by atoms with van der Waals surface area (Å²) in [7, 11) is 0. The zero-order valence-electron chi connectivity index (χ0n) is 14.3. The first-order valence-electron chi connectivity index (χ1n) is 8.98. The highest BCUT2D eigenvalue weighted by Crippen LogP contribution is 2.34. The van der Waals surface area contributed by atoms with Gasteiger partial charge in [0, 0.05) is 0 Å². The van der Waals surface area contributed by atoms with Gasteiger partial charge < -0.3 is 25.2 Å². The van der Waals surface area contributed by atoms with Gasteiger partial charge in [0.25, 0.3) is 0 Å². The van der Waals surface area contributed by atoms with Crippen molar-refractivity contribution in [1.82, 2.24) is 0 Å². The van der Waals surface area contributed by atoms with Crippen LogP contribution in [0.15, 0.2) is 24.3 Å². The fourth-order valence-electron chi connectivity index (χ4n) is 3.32. The van der Waals surface area contributed by atoms with Crippen LogP contribution in [0.5, 0.6) is 0 Å². The second kappa shape index (κ2) is 9.49. The van der Waals surface area contributed by atoms with Gasteiger partial charge in [0.1, 0.15) is 30.5 Å². The Morgan fingerprint density at radius 1 is 0.917 bits per heavy atom. The minimum absolute atomic E-state index is 0.402. The normalized spacial score (nSPS) is 30.5. The van der Waals surface area contributed by atoms with Crippen molar-refractivity contribution in [3.8, 4) is 0 Å². The van der Waals surface area contributed by atoms with Crippen LogP contribution in [0.25, 0.3) is 0 Å². The van der Waals surface area contributed by atoms with E-state index in [-0.39, 0.29) is 0 Å². The molecule has 4 N–H and O–H groups in total. The number of rotatable bonds is 8. The molecule has 24 heavy (non-hydrogen) atoms. The van der Waals surface area contributed by atoms with E-state index in [0.29, 0.717) is 0 Å². The van der Waals surface area contributed by atoms with Crippen molar-refractivity contribution < 1.29 is 25.2 Å². The molecule has 5 atom stereocenters. The number of benzene rings is 1. The van der Waals surface area contributed by atoms with Crippen molar-refractivity contribution in [2.45, 2.75) is 76.0 Å². The lowest BCUT2D eigenvalue weighted by atomic mass is 9.88. The highest BCUT2D eigenvalue weighted by Gasteiger charge is 2.44. The number of ether oxygens (including phenoxy) is 1. The molecule has 0 bridgehead atoms. The summed E-state index contributed by atoms with van der Waals surface area (Å²) in [5.74, 6) is 0. The van der Waals surface area contributed by atoms with E-state index in [4.69, 9.17) is 4.74 Å². The van der Waals surface area contributed by atoms with Gasteiger partial charge in [-0.05, 0) is 24.0 Å². The van der Waals surface area contributed by atoms with Crippen LogP contribution in [0.4, 0.5) is 0 Å². The molecule has 0 saturated carbocycles. The van der Waals surface area contributed by atoms with E-state index >= 15 is 0 Å². The van der Waals surface area contributed by atoms with Gasteiger partial charge in [-0.1, -0.05) is 56.9 Å². The predicted octanol–water partition coefficient (Wildman–Crippen LogP) is 1.71. The van der Waals surface area contributed by atoms with Crippen LogP contribution >= 0.6 is 0 Å². The summed E-state index contributed by atoms with van der Waals surface area (Å²) in [5.41, 5.74) is 1.91. The smallest absolute Gasteiger partial charge is 0.113 e. The zero-order chi connectivity index (χ0) is 17.5. The van der Waals surface area contributed by atoms with Crippen LogP contribution < -0.4 is 0 Å². The Labute approximate surface area is 143 Å². The molecule has 2 rings (SSSR count). The summed E-state index contributed by atoms with van der Waals surface area (Å²) >= 11 is 0. The third-order valence-electron chi connectivity index (χ3n) is 4.80. The second-order valence-electron chi connectivity index (χ2n) is 6.61. The molecule has 5 nitrogen and oxygen atoms in total. The summed E-state index contributed by atoms with van der Waals surface area (Å²) in [6.45, 7) is 1.79. The number of hydrogen-bond acceptors (Lipinski definition) is 5. The molecule has 1 aliphatic rings. The standard InChI is InChI=1S/C19H30O5/c1-2-3-4-5-6-9-13-10-7-8-11-14(13)19-18(23)17(22)16(21)15(12-20)24-19/h7-8,10-11,15-23H,2-6,9,12H2,1H3/t15-,16-,17+,18+,19?/m1/s1. The Balaban J connectivity index is 2.09. The van der Waals surface area contributed by atoms with E-state index in [1.165, 1.54) is 19.3 Å². The third-order valence-corrected chi connectivity index (χ3v) is 4.80. The fraction of sp³-hybridized carbons (Fsp3) is 0.684. The molecule has 0 spiro atoms. The molecule has 1 saturated heterocycles. The zero-order valence-corrected chi connectivity index (χ0v) is 14.3. The number of unbranched alkanes of at least 4 members (excludes halogenated alkanes) is 4. The van der Waals surface area contributed by atoms with Crippen LogP contribution in [-0.2, 0) is 11.2 Å². The Hall–Kier alpha value is -0.980. The van der Waals surface area contributed by atoms with Crippen LogP contribution in [0.3, 0.4) is 0 Å². The number of aliphatic hydroxyl groups is 4. The van der Waals surface area contributed by atoms with Crippen molar-refractivity contribution in [2.24, 2.45) is 0 Å². The minimum atomic E-state index is -1.33. The molecule has 5 heteroatoms. The molecule has 1 aromatic rings. The van der Waals surface area contributed by atoms with E-state index in [9.17, 15) is 20.4 Å². The van der Waals surface area contributed by atoms with E-state index in [0.717, 1.165) is 30.4 Å². The molecule has 0 aromatic heterocycles. The van der Waals surface area contributed by atoms with Crippen LogP contribution in [0.1, 0.15) is 56.3 Å². The molecule has 0 aliphatic carbocycles. The fourth-order valence-corrected chi connectivity index (χ4v) is 3.32. The van der Waals surface area contributed by atoms with Crippen molar-refractivity contribution in [2.75, 3.05) is 6.61 Å². The van der Waals surface area contributed by atoms with Crippen molar-refractivity contribution >= 4 is 0 Å². The maximum atomic E-state index is 10.3. The largest absolute Gasteiger partial charge is 0.394 e. The maximum absolute atomic E-state index is 10.3. The van der Waals surface area contributed by atoms with E-state index in [1.807, 2.05) is 24.3 Å². The van der Waals surface area contributed by atoms with Crippen LogP contribution in [-0.4, -0.2) is 51.4 Å². The Morgan fingerprint density at radius 3 is 2.33 bits per heavy atom. The average Bonchev–Trinajstić information content (AvgIpc) is 2.60. The lowest BCUT2D eigenvalue weighted by molar-refractivity contribution is -0.231. The van der Waals surface area contributed by atoms with Crippen LogP contribution in [0.2, 0.25) is 0 Å². The Bertz CT molecular complexity index is 490. The number of aryl methyl sites for hydroxylation is 1. The van der Waals surface area contributed by atoms with Crippen LogP contribution in [0, 0.1) is 0 Å². The van der Waals surface area contributed by atoms with Gasteiger partial charge >= 0.3 is 0 Å². The summed E-state index contributed by atoms with van der Waals surface area (Å²) in [6.07, 6.45) is 1.30. The molecular formula is C19H30O5. The summed E-state index contributed by atoms with van der Waals surface area (Å²) in [4.78, 5) is 0. The van der Waals surface area contributed by atoms with Crippen molar-refractivity contribution in [3.63, 3.8) is 0 Å².